The Hall–Kier alpha value is -1.78. The van der Waals surface area contributed by atoms with Crippen molar-refractivity contribution in [1.29, 1.82) is 0 Å². The summed E-state index contributed by atoms with van der Waals surface area (Å²) in [6.07, 6.45) is 4.40. The third kappa shape index (κ3) is 3.12. The Balaban J connectivity index is 2.22. The van der Waals surface area contributed by atoms with E-state index in [4.69, 9.17) is 5.11 Å². The van der Waals surface area contributed by atoms with Gasteiger partial charge in [0.2, 0.25) is 0 Å². The number of carbonyl (C=O) groups excluding carboxylic acids is 1. The van der Waals surface area contributed by atoms with Gasteiger partial charge < -0.3 is 15.0 Å². The maximum atomic E-state index is 12.7. The molecule has 0 saturated carbocycles. The number of carboxylic acid groups (broad SMARTS) is 1. The molecule has 1 aliphatic heterocycles. The van der Waals surface area contributed by atoms with E-state index in [1.54, 1.807) is 13.8 Å². The van der Waals surface area contributed by atoms with Gasteiger partial charge in [-0.2, -0.15) is 0 Å². The fraction of sp³-hybridized carbons (Fsp3) is 0.625. The van der Waals surface area contributed by atoms with Crippen LogP contribution >= 0.6 is 0 Å². The molecule has 1 amide bonds. The van der Waals surface area contributed by atoms with Crippen molar-refractivity contribution in [2.24, 2.45) is 5.92 Å². The summed E-state index contributed by atoms with van der Waals surface area (Å²) in [4.78, 5) is 28.6. The zero-order chi connectivity index (χ0) is 15.6. The number of aromatic nitrogens is 1. The molecular formula is C16H24N2O3. The standard InChI is InChI=1S/C16H24N2O3/c1-4-12-6-5-8-18(9-7-12)15(19)13-10(2)14(16(20)21)17-11(13)3/h12,17H,4-9H2,1-3H3,(H,20,21). The average molecular weight is 292 g/mol. The third-order valence-electron chi connectivity index (χ3n) is 4.58. The number of nitrogens with one attached hydrogen (secondary N) is 1. The Labute approximate surface area is 125 Å². The van der Waals surface area contributed by atoms with Crippen LogP contribution in [0.25, 0.3) is 0 Å². The molecule has 1 atom stereocenters. The molecule has 21 heavy (non-hydrogen) atoms. The second kappa shape index (κ2) is 6.33. The third-order valence-corrected chi connectivity index (χ3v) is 4.58. The van der Waals surface area contributed by atoms with Crippen LogP contribution in [-0.2, 0) is 0 Å². The Kier molecular flexibility index (Phi) is 4.70. The van der Waals surface area contributed by atoms with Crippen molar-refractivity contribution in [3.8, 4) is 0 Å². The predicted octanol–water partition coefficient (Wildman–Crippen LogP) is 2.98. The number of likely N-dealkylation sites (tertiary alicyclic amines) is 1. The highest BCUT2D eigenvalue weighted by atomic mass is 16.4. The number of aromatic amines is 1. The predicted molar refractivity (Wildman–Crippen MR) is 80.8 cm³/mol. The van der Waals surface area contributed by atoms with Gasteiger partial charge >= 0.3 is 5.97 Å². The van der Waals surface area contributed by atoms with E-state index in [1.165, 1.54) is 6.42 Å². The Morgan fingerprint density at radius 3 is 2.57 bits per heavy atom. The number of hydrogen-bond donors (Lipinski definition) is 2. The van der Waals surface area contributed by atoms with Crippen LogP contribution < -0.4 is 0 Å². The summed E-state index contributed by atoms with van der Waals surface area (Å²) in [6, 6.07) is 0. The van der Waals surface area contributed by atoms with Gasteiger partial charge in [0.05, 0.1) is 5.56 Å². The molecule has 5 nitrogen and oxygen atoms in total. The van der Waals surface area contributed by atoms with Crippen LogP contribution in [0.5, 0.6) is 0 Å². The van der Waals surface area contributed by atoms with Crippen LogP contribution in [0.3, 0.4) is 0 Å². The highest BCUT2D eigenvalue weighted by Crippen LogP contribution is 2.24. The van der Waals surface area contributed by atoms with Gasteiger partial charge in [-0.05, 0) is 44.6 Å². The minimum absolute atomic E-state index is 0.0366. The Morgan fingerprint density at radius 1 is 1.29 bits per heavy atom. The van der Waals surface area contributed by atoms with E-state index >= 15 is 0 Å². The van der Waals surface area contributed by atoms with Gasteiger partial charge in [0.15, 0.2) is 0 Å². The molecule has 1 fully saturated rings. The first-order valence-corrected chi connectivity index (χ1v) is 7.67. The average Bonchev–Trinajstić information content (AvgIpc) is 2.64. The van der Waals surface area contributed by atoms with E-state index in [-0.39, 0.29) is 11.6 Å². The van der Waals surface area contributed by atoms with Crippen LogP contribution in [-0.4, -0.2) is 40.0 Å². The fourth-order valence-electron chi connectivity index (χ4n) is 3.22. The molecule has 0 spiro atoms. The zero-order valence-corrected chi connectivity index (χ0v) is 13.0. The van der Waals surface area contributed by atoms with Crippen LogP contribution in [0.15, 0.2) is 0 Å². The van der Waals surface area contributed by atoms with E-state index in [2.05, 4.69) is 11.9 Å². The monoisotopic (exact) mass is 292 g/mol. The molecule has 0 aromatic carbocycles. The van der Waals surface area contributed by atoms with Crippen LogP contribution in [0, 0.1) is 19.8 Å². The van der Waals surface area contributed by atoms with Crippen molar-refractivity contribution in [3.05, 3.63) is 22.5 Å². The van der Waals surface area contributed by atoms with Crippen molar-refractivity contribution >= 4 is 11.9 Å². The molecular weight excluding hydrogens is 268 g/mol. The van der Waals surface area contributed by atoms with Crippen LogP contribution in [0.1, 0.15) is 64.7 Å². The molecule has 2 N–H and O–H groups in total. The van der Waals surface area contributed by atoms with E-state index in [1.807, 2.05) is 4.90 Å². The first-order valence-electron chi connectivity index (χ1n) is 7.67. The molecule has 0 aliphatic carbocycles. The molecule has 1 aromatic heterocycles. The fourth-order valence-corrected chi connectivity index (χ4v) is 3.22. The number of carboxylic acids is 1. The summed E-state index contributed by atoms with van der Waals surface area (Å²) in [5.41, 5.74) is 1.84. The van der Waals surface area contributed by atoms with Gasteiger partial charge in [0, 0.05) is 18.8 Å². The van der Waals surface area contributed by atoms with Crippen molar-refractivity contribution in [2.45, 2.75) is 46.5 Å². The van der Waals surface area contributed by atoms with Crippen molar-refractivity contribution in [1.82, 2.24) is 9.88 Å². The van der Waals surface area contributed by atoms with Gasteiger partial charge in [-0.3, -0.25) is 4.79 Å². The summed E-state index contributed by atoms with van der Waals surface area (Å²) in [6.45, 7) is 7.19. The summed E-state index contributed by atoms with van der Waals surface area (Å²) in [7, 11) is 0. The highest BCUT2D eigenvalue weighted by Gasteiger charge is 2.26. The van der Waals surface area contributed by atoms with E-state index < -0.39 is 5.97 Å². The maximum Gasteiger partial charge on any atom is 0.352 e. The Morgan fingerprint density at radius 2 is 2.00 bits per heavy atom. The van der Waals surface area contributed by atoms with Crippen LogP contribution in [0.2, 0.25) is 0 Å². The molecule has 1 unspecified atom stereocenters. The van der Waals surface area contributed by atoms with E-state index in [0.29, 0.717) is 22.7 Å². The number of aryl methyl sites for hydroxylation is 1. The van der Waals surface area contributed by atoms with Crippen molar-refractivity contribution in [3.63, 3.8) is 0 Å². The molecule has 2 heterocycles. The number of hydrogen-bond acceptors (Lipinski definition) is 2. The number of amides is 1. The molecule has 0 bridgehead atoms. The maximum absolute atomic E-state index is 12.7. The summed E-state index contributed by atoms with van der Waals surface area (Å²) in [5, 5.41) is 9.15. The normalized spacial score (nSPS) is 19.4. The lowest BCUT2D eigenvalue weighted by molar-refractivity contribution is 0.0690. The number of nitrogens with zero attached hydrogens (tertiary/aromatic N) is 1. The molecule has 1 aromatic rings. The molecule has 0 radical (unpaired) electrons. The second-order valence-electron chi connectivity index (χ2n) is 5.93. The van der Waals surface area contributed by atoms with Gasteiger partial charge in [0.1, 0.15) is 5.69 Å². The van der Waals surface area contributed by atoms with Gasteiger partial charge in [-0.25, -0.2) is 4.79 Å². The topological polar surface area (TPSA) is 73.4 Å². The Bertz CT molecular complexity index is 548. The van der Waals surface area contributed by atoms with Gasteiger partial charge in [-0.1, -0.05) is 13.3 Å². The first kappa shape index (κ1) is 15.6. The largest absolute Gasteiger partial charge is 0.477 e. The smallest absolute Gasteiger partial charge is 0.352 e. The van der Waals surface area contributed by atoms with Crippen molar-refractivity contribution < 1.29 is 14.7 Å². The molecule has 2 rings (SSSR count). The van der Waals surface area contributed by atoms with Crippen LogP contribution in [0.4, 0.5) is 0 Å². The zero-order valence-electron chi connectivity index (χ0n) is 13.0. The lowest BCUT2D eigenvalue weighted by Crippen LogP contribution is -2.32. The van der Waals surface area contributed by atoms with E-state index in [0.717, 1.165) is 32.4 Å². The molecule has 5 heteroatoms. The molecule has 1 aliphatic rings. The van der Waals surface area contributed by atoms with Crippen molar-refractivity contribution in [2.75, 3.05) is 13.1 Å². The quantitative estimate of drug-likeness (QED) is 0.899. The number of H-pyrrole nitrogens is 1. The minimum atomic E-state index is -1.02. The summed E-state index contributed by atoms with van der Waals surface area (Å²) >= 11 is 0. The second-order valence-corrected chi connectivity index (χ2v) is 5.93. The first-order chi connectivity index (χ1) is 9.95. The van der Waals surface area contributed by atoms with Gasteiger partial charge in [-0.15, -0.1) is 0 Å². The number of carbonyl (C=O) groups is 2. The lowest BCUT2D eigenvalue weighted by Gasteiger charge is -2.21. The molecule has 116 valence electrons. The number of aromatic carboxylic acids is 1. The summed E-state index contributed by atoms with van der Waals surface area (Å²) < 4.78 is 0. The lowest BCUT2D eigenvalue weighted by atomic mass is 9.98. The molecule has 1 saturated heterocycles. The van der Waals surface area contributed by atoms with E-state index in [9.17, 15) is 9.59 Å². The minimum Gasteiger partial charge on any atom is -0.477 e. The summed E-state index contributed by atoms with van der Waals surface area (Å²) in [5.74, 6) is -0.354. The number of rotatable bonds is 3. The highest BCUT2D eigenvalue weighted by molar-refractivity contribution is 6.00. The van der Waals surface area contributed by atoms with Gasteiger partial charge in [0.25, 0.3) is 5.91 Å². The SMILES string of the molecule is CCC1CCCN(C(=O)c2c(C)[nH]c(C(=O)O)c2C)CC1.